The molecule has 1 unspecified atom stereocenters. The van der Waals surface area contributed by atoms with Gasteiger partial charge in [-0.2, -0.15) is 0 Å². The third kappa shape index (κ3) is 5.13. The fraction of sp³-hybridized carbons (Fsp3) is 0.238. The Morgan fingerprint density at radius 2 is 1.90 bits per heavy atom. The molecule has 0 fully saturated rings. The summed E-state index contributed by atoms with van der Waals surface area (Å²) in [7, 11) is 1.58. The van der Waals surface area contributed by atoms with Crippen molar-refractivity contribution >= 4 is 17.7 Å². The van der Waals surface area contributed by atoms with E-state index in [-0.39, 0.29) is 18.1 Å². The lowest BCUT2D eigenvalue weighted by Crippen LogP contribution is -2.14. The van der Waals surface area contributed by atoms with Crippen LogP contribution in [0.4, 0.5) is 10.5 Å². The Hall–Kier alpha value is -3.88. The first-order chi connectivity index (χ1) is 14.5. The van der Waals surface area contributed by atoms with Gasteiger partial charge in [-0.05, 0) is 56.3 Å². The van der Waals surface area contributed by atoms with E-state index in [1.807, 2.05) is 0 Å². The van der Waals surface area contributed by atoms with Gasteiger partial charge >= 0.3 is 12.1 Å². The molecule has 0 saturated carbocycles. The number of amides is 1. The first-order valence-electron chi connectivity index (χ1n) is 9.22. The number of methoxy groups -OCH3 is 1. The van der Waals surface area contributed by atoms with E-state index < -0.39 is 18.2 Å². The van der Waals surface area contributed by atoms with Gasteiger partial charge in [-0.3, -0.25) is 5.32 Å². The summed E-state index contributed by atoms with van der Waals surface area (Å²) in [6.07, 6.45) is -1.37. The van der Waals surface area contributed by atoms with Crippen molar-refractivity contribution in [3.8, 4) is 17.2 Å². The number of nitrogens with zero attached hydrogens (tertiary/aromatic N) is 2. The quantitative estimate of drug-likeness (QED) is 0.575. The molecule has 0 spiro atoms. The van der Waals surface area contributed by atoms with Crippen molar-refractivity contribution in [1.82, 2.24) is 10.2 Å². The van der Waals surface area contributed by atoms with Gasteiger partial charge in [0.25, 0.3) is 5.89 Å². The first kappa shape index (κ1) is 20.8. The fourth-order valence-electron chi connectivity index (χ4n) is 2.54. The maximum Gasteiger partial charge on any atom is 0.411 e. The summed E-state index contributed by atoms with van der Waals surface area (Å²) >= 11 is 0. The number of benzene rings is 2. The van der Waals surface area contributed by atoms with Crippen molar-refractivity contribution in [3.63, 3.8) is 0 Å². The molecule has 1 atom stereocenters. The lowest BCUT2D eigenvalue weighted by atomic mass is 10.2. The van der Waals surface area contributed by atoms with Crippen LogP contribution in [-0.4, -0.2) is 36.0 Å². The lowest BCUT2D eigenvalue weighted by Gasteiger charge is -2.10. The molecule has 3 aromatic rings. The first-order valence-corrected chi connectivity index (χ1v) is 9.22. The summed E-state index contributed by atoms with van der Waals surface area (Å²) in [6.45, 7) is 3.57. The van der Waals surface area contributed by atoms with Crippen LogP contribution in [0.15, 0.2) is 52.9 Å². The number of rotatable bonds is 7. The number of esters is 1. The molecule has 1 N–H and O–H groups in total. The van der Waals surface area contributed by atoms with E-state index in [0.717, 1.165) is 0 Å². The molecule has 30 heavy (non-hydrogen) atoms. The number of ether oxygens (including phenoxy) is 3. The third-order valence-electron chi connectivity index (χ3n) is 4.03. The summed E-state index contributed by atoms with van der Waals surface area (Å²) in [6, 6.07) is 13.4. The normalized spacial score (nSPS) is 11.4. The third-order valence-corrected chi connectivity index (χ3v) is 4.03. The van der Waals surface area contributed by atoms with E-state index in [0.29, 0.717) is 22.9 Å². The van der Waals surface area contributed by atoms with Crippen LogP contribution in [0, 0.1) is 0 Å². The molecule has 1 heterocycles. The van der Waals surface area contributed by atoms with Crippen molar-refractivity contribution in [2.75, 3.05) is 19.0 Å². The fourth-order valence-corrected chi connectivity index (χ4v) is 2.54. The zero-order valence-electron chi connectivity index (χ0n) is 16.7. The van der Waals surface area contributed by atoms with Crippen molar-refractivity contribution in [1.29, 1.82) is 0 Å². The smallest absolute Gasteiger partial charge is 0.411 e. The Morgan fingerprint density at radius 1 is 1.13 bits per heavy atom. The molecule has 0 bridgehead atoms. The molecule has 156 valence electrons. The monoisotopic (exact) mass is 411 g/mol. The predicted octanol–water partition coefficient (Wildman–Crippen LogP) is 4.23. The van der Waals surface area contributed by atoms with Crippen LogP contribution < -0.4 is 10.1 Å². The van der Waals surface area contributed by atoms with Crippen LogP contribution in [0.25, 0.3) is 11.5 Å². The van der Waals surface area contributed by atoms with Gasteiger partial charge in [0.15, 0.2) is 6.10 Å². The summed E-state index contributed by atoms with van der Waals surface area (Å²) in [5.74, 6) is 0.575. The Morgan fingerprint density at radius 3 is 2.60 bits per heavy atom. The highest BCUT2D eigenvalue weighted by Crippen LogP contribution is 2.25. The second kappa shape index (κ2) is 9.55. The van der Waals surface area contributed by atoms with E-state index in [1.165, 1.54) is 6.07 Å². The van der Waals surface area contributed by atoms with Gasteiger partial charge in [0, 0.05) is 11.3 Å². The van der Waals surface area contributed by atoms with Crippen LogP contribution in [0.2, 0.25) is 0 Å². The second-order valence-electron chi connectivity index (χ2n) is 6.15. The minimum atomic E-state index is -0.765. The van der Waals surface area contributed by atoms with Gasteiger partial charge in [-0.15, -0.1) is 10.2 Å². The number of hydrogen-bond acceptors (Lipinski definition) is 8. The zero-order chi connectivity index (χ0) is 21.5. The molecule has 3 rings (SSSR count). The van der Waals surface area contributed by atoms with Crippen molar-refractivity contribution in [3.05, 3.63) is 60.0 Å². The maximum atomic E-state index is 12.5. The molecule has 0 aliphatic heterocycles. The van der Waals surface area contributed by atoms with Gasteiger partial charge in [0.2, 0.25) is 5.89 Å². The van der Waals surface area contributed by atoms with Crippen molar-refractivity contribution in [2.45, 2.75) is 20.0 Å². The molecule has 1 amide bonds. The number of aromatic nitrogens is 2. The summed E-state index contributed by atoms with van der Waals surface area (Å²) < 4.78 is 21.0. The Bertz CT molecular complexity index is 1020. The number of hydrogen-bond donors (Lipinski definition) is 1. The highest BCUT2D eigenvalue weighted by Gasteiger charge is 2.20. The van der Waals surface area contributed by atoms with Crippen LogP contribution in [-0.2, 0) is 9.47 Å². The van der Waals surface area contributed by atoms with E-state index in [4.69, 9.17) is 18.6 Å². The van der Waals surface area contributed by atoms with Gasteiger partial charge < -0.3 is 18.6 Å². The molecule has 9 heteroatoms. The summed E-state index contributed by atoms with van der Waals surface area (Å²) in [4.78, 5) is 24.0. The Kier molecular flexibility index (Phi) is 6.63. The molecule has 0 radical (unpaired) electrons. The highest BCUT2D eigenvalue weighted by atomic mass is 16.6. The maximum absolute atomic E-state index is 12.5. The molecule has 0 aliphatic rings. The minimum Gasteiger partial charge on any atom is -0.497 e. The topological polar surface area (TPSA) is 113 Å². The van der Waals surface area contributed by atoms with Gasteiger partial charge in [-0.1, -0.05) is 6.07 Å². The number of carbonyl (C=O) groups is 2. The van der Waals surface area contributed by atoms with Crippen LogP contribution in [0.3, 0.4) is 0 Å². The van der Waals surface area contributed by atoms with Gasteiger partial charge in [0.05, 0.1) is 19.3 Å². The summed E-state index contributed by atoms with van der Waals surface area (Å²) in [5.41, 5.74) is 1.38. The molecule has 0 saturated heterocycles. The predicted molar refractivity (Wildman–Crippen MR) is 107 cm³/mol. The van der Waals surface area contributed by atoms with Gasteiger partial charge in [-0.25, -0.2) is 9.59 Å². The van der Waals surface area contributed by atoms with E-state index in [2.05, 4.69) is 15.5 Å². The van der Waals surface area contributed by atoms with E-state index in [9.17, 15) is 9.59 Å². The lowest BCUT2D eigenvalue weighted by molar-refractivity contribution is 0.0280. The number of nitrogens with one attached hydrogen (secondary N) is 1. The number of carbonyl (C=O) groups excluding carboxylic acids is 2. The standard InChI is InChI=1S/C21H21N3O6/c1-4-28-21(26)22-16-7-5-6-15(12-16)20(25)29-13(2)18-23-24-19(30-18)14-8-10-17(27-3)11-9-14/h5-13H,4H2,1-3H3,(H,22,26). The zero-order valence-corrected chi connectivity index (χ0v) is 16.7. The van der Waals surface area contributed by atoms with Crippen LogP contribution in [0.1, 0.15) is 36.2 Å². The number of anilines is 1. The van der Waals surface area contributed by atoms with Crippen LogP contribution >= 0.6 is 0 Å². The molecular formula is C21H21N3O6. The van der Waals surface area contributed by atoms with Crippen molar-refractivity contribution in [2.24, 2.45) is 0 Å². The molecule has 9 nitrogen and oxygen atoms in total. The molecule has 0 aliphatic carbocycles. The molecule has 2 aromatic carbocycles. The highest BCUT2D eigenvalue weighted by molar-refractivity contribution is 5.92. The Labute approximate surface area is 173 Å². The minimum absolute atomic E-state index is 0.162. The van der Waals surface area contributed by atoms with E-state index in [1.54, 1.807) is 63.4 Å². The average molecular weight is 411 g/mol. The van der Waals surface area contributed by atoms with Crippen LogP contribution in [0.5, 0.6) is 5.75 Å². The average Bonchev–Trinajstić information content (AvgIpc) is 3.24. The van der Waals surface area contributed by atoms with Gasteiger partial charge in [0.1, 0.15) is 5.75 Å². The molecule has 1 aromatic heterocycles. The Balaban J connectivity index is 1.66. The SMILES string of the molecule is CCOC(=O)Nc1cccc(C(=O)OC(C)c2nnc(-c3ccc(OC)cc3)o2)c1. The second-order valence-corrected chi connectivity index (χ2v) is 6.15. The largest absolute Gasteiger partial charge is 0.497 e. The van der Waals surface area contributed by atoms with E-state index >= 15 is 0 Å². The molecular weight excluding hydrogens is 390 g/mol. The summed E-state index contributed by atoms with van der Waals surface area (Å²) in [5, 5.41) is 10.5. The van der Waals surface area contributed by atoms with Crippen molar-refractivity contribution < 1.29 is 28.2 Å².